The number of anilines is 1. The Hall–Kier alpha value is -1.29. The van der Waals surface area contributed by atoms with Crippen LogP contribution in [-0.4, -0.2) is 18.0 Å². The molecule has 1 aromatic carbocycles. The van der Waals surface area contributed by atoms with Crippen LogP contribution in [0.3, 0.4) is 0 Å². The second kappa shape index (κ2) is 5.87. The summed E-state index contributed by atoms with van der Waals surface area (Å²) < 4.78 is 12.8. The van der Waals surface area contributed by atoms with Gasteiger partial charge in [-0.2, -0.15) is 0 Å². The number of benzene rings is 1. The lowest BCUT2D eigenvalue weighted by Crippen LogP contribution is -2.41. The fourth-order valence-corrected chi connectivity index (χ4v) is 1.54. The number of rotatable bonds is 4. The van der Waals surface area contributed by atoms with Gasteiger partial charge in [0.25, 0.3) is 0 Å². The van der Waals surface area contributed by atoms with Crippen LogP contribution < -0.4 is 10.6 Å². The molecule has 0 heterocycles. The lowest BCUT2D eigenvalue weighted by atomic mass is 10.2. The molecule has 0 aliphatic rings. The predicted octanol–water partition coefficient (Wildman–Crippen LogP) is 2.80. The predicted molar refractivity (Wildman–Crippen MR) is 67.8 cm³/mol. The van der Waals surface area contributed by atoms with Crippen molar-refractivity contribution >= 4 is 23.2 Å². The summed E-state index contributed by atoms with van der Waals surface area (Å²) in [5.41, 5.74) is 0.541. The van der Waals surface area contributed by atoms with Crippen molar-refractivity contribution in [3.05, 3.63) is 29.0 Å². The van der Waals surface area contributed by atoms with Crippen molar-refractivity contribution < 1.29 is 9.18 Å². The molecule has 0 radical (unpaired) electrons. The molecule has 3 nitrogen and oxygen atoms in total. The second-order valence-corrected chi connectivity index (χ2v) is 4.56. The van der Waals surface area contributed by atoms with Gasteiger partial charge in [0.2, 0.25) is 5.91 Å². The molecule has 1 unspecified atom stereocenters. The standard InChI is InChI=1S/C12H16ClFN2O/c1-7(2)15-12(17)8(3)16-11-5-4-9(14)6-10(11)13/h4-8,16H,1-3H3,(H,15,17). The van der Waals surface area contributed by atoms with Crippen molar-refractivity contribution in [1.82, 2.24) is 5.32 Å². The van der Waals surface area contributed by atoms with E-state index in [4.69, 9.17) is 11.6 Å². The van der Waals surface area contributed by atoms with Crippen LogP contribution in [-0.2, 0) is 4.79 Å². The van der Waals surface area contributed by atoms with Crippen molar-refractivity contribution in [2.24, 2.45) is 0 Å². The molecule has 0 spiro atoms. The van der Waals surface area contributed by atoms with E-state index in [2.05, 4.69) is 10.6 Å². The summed E-state index contributed by atoms with van der Waals surface area (Å²) in [6, 6.07) is 3.66. The molecule has 5 heteroatoms. The first-order chi connectivity index (χ1) is 7.90. The van der Waals surface area contributed by atoms with Crippen molar-refractivity contribution in [3.8, 4) is 0 Å². The summed E-state index contributed by atoms with van der Waals surface area (Å²) in [5.74, 6) is -0.528. The number of amides is 1. The lowest BCUT2D eigenvalue weighted by molar-refractivity contribution is -0.122. The van der Waals surface area contributed by atoms with Gasteiger partial charge in [-0.25, -0.2) is 4.39 Å². The fourth-order valence-electron chi connectivity index (χ4n) is 1.31. The van der Waals surface area contributed by atoms with Gasteiger partial charge in [-0.1, -0.05) is 11.6 Å². The molecular formula is C12H16ClFN2O. The highest BCUT2D eigenvalue weighted by molar-refractivity contribution is 6.33. The van der Waals surface area contributed by atoms with Crippen LogP contribution in [0.2, 0.25) is 5.02 Å². The van der Waals surface area contributed by atoms with E-state index in [1.54, 1.807) is 6.92 Å². The summed E-state index contributed by atoms with van der Waals surface area (Å²) in [7, 11) is 0. The van der Waals surface area contributed by atoms with E-state index >= 15 is 0 Å². The summed E-state index contributed by atoms with van der Waals surface area (Å²) in [4.78, 5) is 11.6. The zero-order valence-corrected chi connectivity index (χ0v) is 10.8. The molecule has 0 fully saturated rings. The molecule has 0 bridgehead atoms. The van der Waals surface area contributed by atoms with E-state index in [-0.39, 0.29) is 17.0 Å². The van der Waals surface area contributed by atoms with Gasteiger partial charge < -0.3 is 10.6 Å². The first kappa shape index (κ1) is 13.8. The first-order valence-corrected chi connectivity index (χ1v) is 5.80. The number of nitrogens with one attached hydrogen (secondary N) is 2. The number of hydrogen-bond donors (Lipinski definition) is 2. The third kappa shape index (κ3) is 4.23. The number of carbonyl (C=O) groups is 1. The van der Waals surface area contributed by atoms with Crippen LogP contribution in [0.1, 0.15) is 20.8 Å². The zero-order chi connectivity index (χ0) is 13.0. The molecule has 1 amide bonds. The maximum atomic E-state index is 12.8. The Morgan fingerprint density at radius 3 is 2.53 bits per heavy atom. The maximum absolute atomic E-state index is 12.8. The summed E-state index contributed by atoms with van der Waals surface area (Å²) in [6.07, 6.45) is 0. The van der Waals surface area contributed by atoms with Crippen LogP contribution in [0, 0.1) is 5.82 Å². The maximum Gasteiger partial charge on any atom is 0.242 e. The smallest absolute Gasteiger partial charge is 0.242 e. The summed E-state index contributed by atoms with van der Waals surface area (Å²) >= 11 is 5.85. The minimum atomic E-state index is -0.430. The molecule has 0 aliphatic carbocycles. The Morgan fingerprint density at radius 2 is 2.00 bits per heavy atom. The summed E-state index contributed by atoms with van der Waals surface area (Å²) in [5, 5.41) is 5.97. The molecule has 94 valence electrons. The van der Waals surface area contributed by atoms with Crippen molar-refractivity contribution in [2.45, 2.75) is 32.9 Å². The first-order valence-electron chi connectivity index (χ1n) is 5.42. The van der Waals surface area contributed by atoms with Gasteiger partial charge in [0, 0.05) is 6.04 Å². The van der Waals surface area contributed by atoms with Gasteiger partial charge in [0.15, 0.2) is 0 Å². The molecular weight excluding hydrogens is 243 g/mol. The Labute approximate surface area is 105 Å². The van der Waals surface area contributed by atoms with E-state index in [1.807, 2.05) is 13.8 Å². The largest absolute Gasteiger partial charge is 0.373 e. The highest BCUT2D eigenvalue weighted by Crippen LogP contribution is 2.22. The van der Waals surface area contributed by atoms with Crippen LogP contribution >= 0.6 is 11.6 Å². The quantitative estimate of drug-likeness (QED) is 0.872. The Bertz CT molecular complexity index is 409. The normalized spacial score (nSPS) is 12.4. The number of hydrogen-bond acceptors (Lipinski definition) is 2. The van der Waals surface area contributed by atoms with Crippen molar-refractivity contribution in [2.75, 3.05) is 5.32 Å². The van der Waals surface area contributed by atoms with Gasteiger partial charge in [-0.15, -0.1) is 0 Å². The topological polar surface area (TPSA) is 41.1 Å². The highest BCUT2D eigenvalue weighted by atomic mass is 35.5. The van der Waals surface area contributed by atoms with Gasteiger partial charge in [0.1, 0.15) is 11.9 Å². The van der Waals surface area contributed by atoms with E-state index in [0.717, 1.165) is 0 Å². The zero-order valence-electron chi connectivity index (χ0n) is 10.1. The van der Waals surface area contributed by atoms with Crippen molar-refractivity contribution in [1.29, 1.82) is 0 Å². The monoisotopic (exact) mass is 258 g/mol. The van der Waals surface area contributed by atoms with Crippen LogP contribution in [0.15, 0.2) is 18.2 Å². The average molecular weight is 259 g/mol. The molecule has 17 heavy (non-hydrogen) atoms. The SMILES string of the molecule is CC(C)NC(=O)C(C)Nc1ccc(F)cc1Cl. The van der Waals surface area contributed by atoms with E-state index in [0.29, 0.717) is 5.69 Å². The Balaban J connectivity index is 2.67. The fraction of sp³-hybridized carbons (Fsp3) is 0.417. The second-order valence-electron chi connectivity index (χ2n) is 4.15. The Kier molecular flexibility index (Phi) is 4.75. The molecule has 0 aliphatic heterocycles. The van der Waals surface area contributed by atoms with E-state index < -0.39 is 11.9 Å². The molecule has 2 N–H and O–H groups in total. The molecule has 0 aromatic heterocycles. The van der Waals surface area contributed by atoms with Crippen molar-refractivity contribution in [3.63, 3.8) is 0 Å². The van der Waals surface area contributed by atoms with Crippen LogP contribution in [0.25, 0.3) is 0 Å². The minimum absolute atomic E-state index is 0.0791. The number of halogens is 2. The molecule has 0 saturated heterocycles. The lowest BCUT2D eigenvalue weighted by Gasteiger charge is -2.17. The molecule has 1 aromatic rings. The molecule has 1 atom stereocenters. The highest BCUT2D eigenvalue weighted by Gasteiger charge is 2.14. The Morgan fingerprint density at radius 1 is 1.35 bits per heavy atom. The van der Waals surface area contributed by atoms with Gasteiger partial charge in [-0.3, -0.25) is 4.79 Å². The number of carbonyl (C=O) groups excluding carboxylic acids is 1. The van der Waals surface area contributed by atoms with Gasteiger partial charge in [-0.05, 0) is 39.0 Å². The third-order valence-electron chi connectivity index (χ3n) is 2.13. The van der Waals surface area contributed by atoms with E-state index in [1.165, 1.54) is 18.2 Å². The average Bonchev–Trinajstić information content (AvgIpc) is 2.21. The third-order valence-corrected chi connectivity index (χ3v) is 2.44. The van der Waals surface area contributed by atoms with E-state index in [9.17, 15) is 9.18 Å². The van der Waals surface area contributed by atoms with Crippen LogP contribution in [0.5, 0.6) is 0 Å². The summed E-state index contributed by atoms with van der Waals surface area (Å²) in [6.45, 7) is 5.49. The van der Waals surface area contributed by atoms with Crippen LogP contribution in [0.4, 0.5) is 10.1 Å². The van der Waals surface area contributed by atoms with Gasteiger partial charge in [0.05, 0.1) is 10.7 Å². The molecule has 0 saturated carbocycles. The molecule has 1 rings (SSSR count). The van der Waals surface area contributed by atoms with Gasteiger partial charge >= 0.3 is 0 Å². The minimum Gasteiger partial charge on any atom is -0.373 e.